The van der Waals surface area contributed by atoms with E-state index in [1.54, 1.807) is 12.1 Å². The minimum atomic E-state index is -0.400. The van der Waals surface area contributed by atoms with Crippen molar-refractivity contribution in [2.45, 2.75) is 27.2 Å². The van der Waals surface area contributed by atoms with Crippen LogP contribution in [0.3, 0.4) is 0 Å². The molecule has 0 radical (unpaired) electrons. The molecule has 0 amide bonds. The van der Waals surface area contributed by atoms with Gasteiger partial charge in [0.05, 0.1) is 16.3 Å². The standard InChI is InChI=1S/C13H15N3O2/c1-4-13-9(2)14-15(10(13)3)11-5-7-12(8-6-11)16(17)18/h5-8H,4H2,1-3H3. The number of aryl methyl sites for hydroxylation is 1. The fraction of sp³-hybridized carbons (Fsp3) is 0.308. The zero-order valence-electron chi connectivity index (χ0n) is 10.7. The second-order valence-electron chi connectivity index (χ2n) is 4.19. The maximum absolute atomic E-state index is 10.6. The minimum Gasteiger partial charge on any atom is -0.258 e. The summed E-state index contributed by atoms with van der Waals surface area (Å²) in [7, 11) is 0. The summed E-state index contributed by atoms with van der Waals surface area (Å²) in [6.45, 7) is 6.09. The summed E-state index contributed by atoms with van der Waals surface area (Å²) in [5.41, 5.74) is 4.27. The number of benzene rings is 1. The molecule has 0 aliphatic carbocycles. The lowest BCUT2D eigenvalue weighted by Gasteiger charge is -2.04. The molecule has 18 heavy (non-hydrogen) atoms. The Balaban J connectivity index is 2.46. The number of nitro benzene ring substituents is 1. The van der Waals surface area contributed by atoms with E-state index in [9.17, 15) is 10.1 Å². The molecule has 1 aromatic heterocycles. The zero-order chi connectivity index (χ0) is 13.3. The molecular formula is C13H15N3O2. The first kappa shape index (κ1) is 12.3. The van der Waals surface area contributed by atoms with E-state index in [0.717, 1.165) is 23.5 Å². The monoisotopic (exact) mass is 245 g/mol. The number of nitro groups is 1. The number of aromatic nitrogens is 2. The van der Waals surface area contributed by atoms with E-state index >= 15 is 0 Å². The van der Waals surface area contributed by atoms with Crippen molar-refractivity contribution < 1.29 is 4.92 Å². The third-order valence-electron chi connectivity index (χ3n) is 3.10. The van der Waals surface area contributed by atoms with E-state index in [1.165, 1.54) is 17.7 Å². The maximum Gasteiger partial charge on any atom is 0.269 e. The number of rotatable bonds is 3. The first-order chi connectivity index (χ1) is 8.54. The van der Waals surface area contributed by atoms with Crippen molar-refractivity contribution in [3.05, 3.63) is 51.3 Å². The molecule has 0 aliphatic rings. The van der Waals surface area contributed by atoms with E-state index in [0.29, 0.717) is 0 Å². The molecule has 94 valence electrons. The van der Waals surface area contributed by atoms with Crippen molar-refractivity contribution in [2.75, 3.05) is 0 Å². The van der Waals surface area contributed by atoms with Gasteiger partial charge in [-0.25, -0.2) is 4.68 Å². The highest BCUT2D eigenvalue weighted by Gasteiger charge is 2.12. The maximum atomic E-state index is 10.6. The van der Waals surface area contributed by atoms with E-state index < -0.39 is 4.92 Å². The molecular weight excluding hydrogens is 230 g/mol. The van der Waals surface area contributed by atoms with Gasteiger partial charge in [-0.3, -0.25) is 10.1 Å². The summed E-state index contributed by atoms with van der Waals surface area (Å²) in [5.74, 6) is 0. The Kier molecular flexibility index (Phi) is 3.14. The topological polar surface area (TPSA) is 61.0 Å². The van der Waals surface area contributed by atoms with Gasteiger partial charge >= 0.3 is 0 Å². The fourth-order valence-corrected chi connectivity index (χ4v) is 2.15. The normalized spacial score (nSPS) is 10.6. The predicted octanol–water partition coefficient (Wildman–Crippen LogP) is 2.96. The van der Waals surface area contributed by atoms with Gasteiger partial charge in [0.1, 0.15) is 0 Å². The molecule has 1 aromatic carbocycles. The summed E-state index contributed by atoms with van der Waals surface area (Å²) in [5, 5.41) is 15.1. The second kappa shape index (κ2) is 4.60. The first-order valence-corrected chi connectivity index (χ1v) is 5.84. The van der Waals surface area contributed by atoms with Crippen LogP contribution in [0.5, 0.6) is 0 Å². The van der Waals surface area contributed by atoms with Gasteiger partial charge in [-0.1, -0.05) is 6.92 Å². The summed E-state index contributed by atoms with van der Waals surface area (Å²) >= 11 is 0. The highest BCUT2D eigenvalue weighted by molar-refractivity contribution is 5.42. The number of hydrogen-bond acceptors (Lipinski definition) is 3. The van der Waals surface area contributed by atoms with Gasteiger partial charge in [-0.2, -0.15) is 5.10 Å². The van der Waals surface area contributed by atoms with Gasteiger partial charge in [0.15, 0.2) is 0 Å². The van der Waals surface area contributed by atoms with Gasteiger partial charge in [0.25, 0.3) is 5.69 Å². The summed E-state index contributed by atoms with van der Waals surface area (Å²) in [6, 6.07) is 6.43. The van der Waals surface area contributed by atoms with E-state index in [1.807, 2.05) is 18.5 Å². The zero-order valence-corrected chi connectivity index (χ0v) is 10.7. The largest absolute Gasteiger partial charge is 0.269 e. The van der Waals surface area contributed by atoms with Crippen LogP contribution in [-0.2, 0) is 6.42 Å². The Labute approximate surface area is 105 Å². The van der Waals surface area contributed by atoms with Gasteiger partial charge in [0.2, 0.25) is 0 Å². The van der Waals surface area contributed by atoms with Crippen LogP contribution in [0.1, 0.15) is 23.9 Å². The van der Waals surface area contributed by atoms with Crippen LogP contribution < -0.4 is 0 Å². The molecule has 2 rings (SSSR count). The number of non-ortho nitro benzene ring substituents is 1. The smallest absolute Gasteiger partial charge is 0.258 e. The Morgan fingerprint density at radius 2 is 1.89 bits per heavy atom. The molecule has 0 bridgehead atoms. The number of hydrogen-bond donors (Lipinski definition) is 0. The molecule has 0 saturated heterocycles. The summed E-state index contributed by atoms with van der Waals surface area (Å²) in [6.07, 6.45) is 0.935. The van der Waals surface area contributed by atoms with E-state index in [4.69, 9.17) is 0 Å². The van der Waals surface area contributed by atoms with E-state index in [2.05, 4.69) is 12.0 Å². The Morgan fingerprint density at radius 3 is 2.33 bits per heavy atom. The lowest BCUT2D eigenvalue weighted by Crippen LogP contribution is -1.99. The lowest BCUT2D eigenvalue weighted by atomic mass is 10.1. The molecule has 0 fully saturated rings. The second-order valence-corrected chi connectivity index (χ2v) is 4.19. The van der Waals surface area contributed by atoms with Crippen LogP contribution in [0.2, 0.25) is 0 Å². The SMILES string of the molecule is CCc1c(C)nn(-c2ccc([N+](=O)[O-])cc2)c1C. The van der Waals surface area contributed by atoms with E-state index in [-0.39, 0.29) is 5.69 Å². The minimum absolute atomic E-state index is 0.0935. The third-order valence-corrected chi connectivity index (χ3v) is 3.10. The fourth-order valence-electron chi connectivity index (χ4n) is 2.15. The molecule has 0 atom stereocenters. The van der Waals surface area contributed by atoms with Crippen LogP contribution in [0.25, 0.3) is 5.69 Å². The molecule has 2 aromatic rings. The van der Waals surface area contributed by atoms with Crippen molar-refractivity contribution >= 4 is 5.69 Å². The third kappa shape index (κ3) is 1.99. The highest BCUT2D eigenvalue weighted by Crippen LogP contribution is 2.20. The molecule has 0 saturated carbocycles. The summed E-state index contributed by atoms with van der Waals surface area (Å²) < 4.78 is 1.83. The van der Waals surface area contributed by atoms with Crippen LogP contribution in [0.15, 0.2) is 24.3 Å². The molecule has 0 unspecified atom stereocenters. The molecule has 1 heterocycles. The van der Waals surface area contributed by atoms with Crippen LogP contribution in [0.4, 0.5) is 5.69 Å². The molecule has 0 N–H and O–H groups in total. The quantitative estimate of drug-likeness (QED) is 0.617. The first-order valence-electron chi connectivity index (χ1n) is 5.84. The average molecular weight is 245 g/mol. The van der Waals surface area contributed by atoms with Crippen molar-refractivity contribution in [1.29, 1.82) is 0 Å². The van der Waals surface area contributed by atoms with Crippen molar-refractivity contribution in [3.8, 4) is 5.69 Å². The molecule has 5 heteroatoms. The Morgan fingerprint density at radius 1 is 1.28 bits per heavy atom. The van der Waals surface area contributed by atoms with Gasteiger partial charge < -0.3 is 0 Å². The van der Waals surface area contributed by atoms with Gasteiger partial charge in [-0.15, -0.1) is 0 Å². The van der Waals surface area contributed by atoms with Gasteiger partial charge in [-0.05, 0) is 38.0 Å². The molecule has 0 spiro atoms. The predicted molar refractivity (Wildman–Crippen MR) is 69.1 cm³/mol. The lowest BCUT2D eigenvalue weighted by molar-refractivity contribution is -0.384. The average Bonchev–Trinajstić information content (AvgIpc) is 2.64. The number of nitrogens with zero attached hydrogens (tertiary/aromatic N) is 3. The Bertz CT molecular complexity index is 585. The van der Waals surface area contributed by atoms with Crippen molar-refractivity contribution in [1.82, 2.24) is 9.78 Å². The summed E-state index contributed by atoms with van der Waals surface area (Å²) in [4.78, 5) is 10.2. The van der Waals surface area contributed by atoms with Crippen LogP contribution in [0, 0.1) is 24.0 Å². The van der Waals surface area contributed by atoms with Crippen molar-refractivity contribution in [2.24, 2.45) is 0 Å². The van der Waals surface area contributed by atoms with Gasteiger partial charge in [0, 0.05) is 17.8 Å². The van der Waals surface area contributed by atoms with Crippen molar-refractivity contribution in [3.63, 3.8) is 0 Å². The highest BCUT2D eigenvalue weighted by atomic mass is 16.6. The molecule has 0 aliphatic heterocycles. The molecule has 5 nitrogen and oxygen atoms in total. The van der Waals surface area contributed by atoms with Crippen LogP contribution >= 0.6 is 0 Å². The Hall–Kier alpha value is -2.17. The van der Waals surface area contributed by atoms with Crippen LogP contribution in [-0.4, -0.2) is 14.7 Å².